The summed E-state index contributed by atoms with van der Waals surface area (Å²) in [6.45, 7) is 5.94. The number of rotatable bonds is 12. The Hall–Kier alpha value is -0.910. The highest BCUT2D eigenvalue weighted by Gasteiger charge is 2.41. The number of hydrogen-bond acceptors (Lipinski definition) is 3. The van der Waals surface area contributed by atoms with Crippen LogP contribution < -0.4 is 0 Å². The van der Waals surface area contributed by atoms with Crippen LogP contribution in [0.25, 0.3) is 0 Å². The number of benzene rings is 1. The number of likely N-dealkylation sites (tertiary alicyclic amines) is 1. The molecular weight excluding hydrogens is 370 g/mol. The minimum absolute atomic E-state index is 0.124. The van der Waals surface area contributed by atoms with Crippen molar-refractivity contribution < 1.29 is 17.3 Å². The lowest BCUT2D eigenvalue weighted by molar-refractivity contribution is -1.10. The third kappa shape index (κ3) is 7.84. The van der Waals surface area contributed by atoms with Crippen molar-refractivity contribution in [3.63, 3.8) is 0 Å². The van der Waals surface area contributed by atoms with Gasteiger partial charge in [0.1, 0.15) is 19.1 Å². The lowest BCUT2D eigenvalue weighted by atomic mass is 9.99. The van der Waals surface area contributed by atoms with Crippen LogP contribution in [0.2, 0.25) is 0 Å². The maximum absolute atomic E-state index is 11.9. The van der Waals surface area contributed by atoms with Crippen LogP contribution in [0.15, 0.2) is 24.3 Å². The summed E-state index contributed by atoms with van der Waals surface area (Å²) < 4.78 is 29.6. The Morgan fingerprint density at radius 3 is 2.11 bits per heavy atom. The molecule has 2 rings (SSSR count). The fourth-order valence-corrected chi connectivity index (χ4v) is 5.20. The first-order valence-corrected chi connectivity index (χ1v) is 13.0. The van der Waals surface area contributed by atoms with E-state index < -0.39 is 10.1 Å². The molecule has 0 amide bonds. The zero-order valence-electron chi connectivity index (χ0n) is 18.2. The Bertz CT molecular complexity index is 664. The molecule has 0 spiro atoms. The summed E-state index contributed by atoms with van der Waals surface area (Å²) in [6.07, 6.45) is 14.3. The SMILES string of the molecule is CCCCCCCCc1ccc(CC(C)[N+]2(OS(C)(=O)=O)CCCCC2)cc1. The van der Waals surface area contributed by atoms with Gasteiger partial charge in [0.2, 0.25) is 0 Å². The number of piperidine rings is 1. The molecule has 1 unspecified atom stereocenters. The maximum atomic E-state index is 11.9. The van der Waals surface area contributed by atoms with Crippen molar-refractivity contribution in [1.82, 2.24) is 0 Å². The van der Waals surface area contributed by atoms with E-state index in [4.69, 9.17) is 4.28 Å². The molecule has 1 atom stereocenters. The molecule has 160 valence electrons. The first-order valence-electron chi connectivity index (χ1n) is 11.2. The summed E-state index contributed by atoms with van der Waals surface area (Å²) >= 11 is 0. The summed E-state index contributed by atoms with van der Waals surface area (Å²) in [6, 6.07) is 9.03. The van der Waals surface area contributed by atoms with E-state index in [2.05, 4.69) is 38.1 Å². The third-order valence-corrected chi connectivity index (χ3v) is 6.60. The van der Waals surface area contributed by atoms with Crippen LogP contribution in [0.4, 0.5) is 0 Å². The zero-order chi connectivity index (χ0) is 20.5. The largest absolute Gasteiger partial charge is 0.311 e. The summed E-state index contributed by atoms with van der Waals surface area (Å²) in [5.74, 6) is 0. The highest BCUT2D eigenvalue weighted by Crippen LogP contribution is 2.27. The highest BCUT2D eigenvalue weighted by atomic mass is 32.2. The second kappa shape index (κ2) is 11.3. The second-order valence-electron chi connectivity index (χ2n) is 8.63. The van der Waals surface area contributed by atoms with Gasteiger partial charge in [-0.2, -0.15) is 13.1 Å². The number of quaternary nitrogens is 1. The van der Waals surface area contributed by atoms with Crippen molar-refractivity contribution in [2.24, 2.45) is 0 Å². The fourth-order valence-electron chi connectivity index (χ4n) is 4.36. The molecule has 0 N–H and O–H groups in total. The van der Waals surface area contributed by atoms with Gasteiger partial charge in [0.25, 0.3) is 0 Å². The molecule has 1 heterocycles. The van der Waals surface area contributed by atoms with Gasteiger partial charge in [-0.1, -0.05) is 67.6 Å². The van der Waals surface area contributed by atoms with Gasteiger partial charge in [-0.25, -0.2) is 0 Å². The average molecular weight is 411 g/mol. The zero-order valence-corrected chi connectivity index (χ0v) is 19.0. The number of nitrogens with zero attached hydrogens (tertiary/aromatic N) is 1. The van der Waals surface area contributed by atoms with Gasteiger partial charge in [-0.15, -0.1) is 0 Å². The molecule has 0 radical (unpaired) electrons. The molecule has 0 aliphatic carbocycles. The van der Waals surface area contributed by atoms with Crippen molar-refractivity contribution in [1.29, 1.82) is 0 Å². The Labute approximate surface area is 173 Å². The van der Waals surface area contributed by atoms with Crippen LogP contribution >= 0.6 is 0 Å². The Morgan fingerprint density at radius 1 is 0.929 bits per heavy atom. The molecule has 1 saturated heterocycles. The predicted molar refractivity (Wildman–Crippen MR) is 116 cm³/mol. The molecule has 1 aromatic rings. The van der Waals surface area contributed by atoms with Gasteiger partial charge in [-0.05, 0) is 50.2 Å². The average Bonchev–Trinajstić information content (AvgIpc) is 2.65. The van der Waals surface area contributed by atoms with E-state index in [1.165, 1.54) is 55.9 Å². The number of unbranched alkanes of at least 4 members (excludes halogenated alkanes) is 5. The van der Waals surface area contributed by atoms with Crippen molar-refractivity contribution in [3.05, 3.63) is 35.4 Å². The van der Waals surface area contributed by atoms with Gasteiger partial charge in [0, 0.05) is 6.42 Å². The first-order chi connectivity index (χ1) is 13.3. The van der Waals surface area contributed by atoms with Gasteiger partial charge in [-0.3, -0.25) is 0 Å². The smallest absolute Gasteiger partial charge is 0.195 e. The topological polar surface area (TPSA) is 43.4 Å². The molecule has 1 aromatic carbocycles. The first kappa shape index (κ1) is 23.4. The number of hydroxylamine groups is 3. The molecule has 0 bridgehead atoms. The summed E-state index contributed by atoms with van der Waals surface area (Å²) in [7, 11) is -3.47. The van der Waals surface area contributed by atoms with Crippen LogP contribution in [-0.4, -0.2) is 38.5 Å². The van der Waals surface area contributed by atoms with E-state index in [1.54, 1.807) is 0 Å². The number of hydrogen-bond donors (Lipinski definition) is 0. The van der Waals surface area contributed by atoms with Crippen LogP contribution in [0, 0.1) is 0 Å². The summed E-state index contributed by atoms with van der Waals surface area (Å²) in [5.41, 5.74) is 2.67. The lowest BCUT2D eigenvalue weighted by Crippen LogP contribution is -2.58. The minimum Gasteiger partial charge on any atom is -0.195 e. The van der Waals surface area contributed by atoms with Gasteiger partial charge in [0.05, 0.1) is 6.26 Å². The van der Waals surface area contributed by atoms with Crippen LogP contribution in [0.1, 0.15) is 82.8 Å². The van der Waals surface area contributed by atoms with Crippen molar-refractivity contribution in [3.8, 4) is 0 Å². The third-order valence-electron chi connectivity index (χ3n) is 6.03. The summed E-state index contributed by atoms with van der Waals surface area (Å²) in [5, 5.41) is 0. The molecule has 1 fully saturated rings. The van der Waals surface area contributed by atoms with Gasteiger partial charge in [0.15, 0.2) is 0 Å². The number of aryl methyl sites for hydroxylation is 1. The normalized spacial score (nSPS) is 18.1. The standard InChI is InChI=1S/C23H40NO3S/c1-4-5-6-7-8-10-13-22-14-16-23(17-15-22)20-21(2)24(27-28(3,25)26)18-11-9-12-19-24/h14-17,21H,4-13,18-20H2,1-3H3/q+1. The molecule has 1 aliphatic heterocycles. The Morgan fingerprint density at radius 2 is 1.50 bits per heavy atom. The molecule has 28 heavy (non-hydrogen) atoms. The Balaban J connectivity index is 1.89. The maximum Gasteiger partial charge on any atom is 0.311 e. The summed E-state index contributed by atoms with van der Waals surface area (Å²) in [4.78, 5) is 0. The highest BCUT2D eigenvalue weighted by molar-refractivity contribution is 7.85. The van der Waals surface area contributed by atoms with Gasteiger partial charge >= 0.3 is 10.1 Å². The molecule has 1 aliphatic rings. The van der Waals surface area contributed by atoms with E-state index in [0.29, 0.717) is 0 Å². The lowest BCUT2D eigenvalue weighted by Gasteiger charge is -2.41. The van der Waals surface area contributed by atoms with Gasteiger partial charge < -0.3 is 0 Å². The van der Waals surface area contributed by atoms with E-state index >= 15 is 0 Å². The van der Waals surface area contributed by atoms with Crippen LogP contribution in [0.5, 0.6) is 0 Å². The molecule has 0 aromatic heterocycles. The van der Waals surface area contributed by atoms with Crippen LogP contribution in [0.3, 0.4) is 0 Å². The quantitative estimate of drug-likeness (QED) is 0.342. The molecule has 0 saturated carbocycles. The predicted octanol–water partition coefficient (Wildman–Crippen LogP) is 5.41. The van der Waals surface area contributed by atoms with Crippen molar-refractivity contribution in [2.75, 3.05) is 19.3 Å². The molecule has 4 nitrogen and oxygen atoms in total. The van der Waals surface area contributed by atoms with Crippen molar-refractivity contribution >= 4 is 10.1 Å². The fraction of sp³-hybridized carbons (Fsp3) is 0.739. The van der Waals surface area contributed by atoms with Crippen molar-refractivity contribution in [2.45, 2.75) is 90.5 Å². The molecular formula is C23H40NO3S+. The monoisotopic (exact) mass is 410 g/mol. The van der Waals surface area contributed by atoms with E-state index in [0.717, 1.165) is 45.2 Å². The van der Waals surface area contributed by atoms with E-state index in [-0.39, 0.29) is 10.7 Å². The van der Waals surface area contributed by atoms with Crippen LogP contribution in [-0.2, 0) is 27.2 Å². The van der Waals surface area contributed by atoms with E-state index in [9.17, 15) is 8.42 Å². The molecule has 5 heteroatoms. The second-order valence-corrected chi connectivity index (χ2v) is 10.2. The van der Waals surface area contributed by atoms with E-state index in [1.807, 2.05) is 0 Å². The minimum atomic E-state index is -3.47. The Kier molecular flexibility index (Phi) is 9.45.